The van der Waals surface area contributed by atoms with Crippen LogP contribution in [0.15, 0.2) is 0 Å². The number of piperidine rings is 1. The van der Waals surface area contributed by atoms with Gasteiger partial charge in [0.15, 0.2) is 0 Å². The average Bonchev–Trinajstić information content (AvgIpc) is 2.47. The Bertz CT molecular complexity index is 403. The summed E-state index contributed by atoms with van der Waals surface area (Å²) in [7, 11) is 1.44. The molecule has 0 aromatic heterocycles. The van der Waals surface area contributed by atoms with Crippen molar-refractivity contribution in [2.24, 2.45) is 5.41 Å². The summed E-state index contributed by atoms with van der Waals surface area (Å²) in [5.41, 5.74) is -0.664. The van der Waals surface area contributed by atoms with E-state index in [0.29, 0.717) is 32.4 Å². The summed E-state index contributed by atoms with van der Waals surface area (Å²) in [6, 6.07) is -0.981. The Labute approximate surface area is 125 Å². The first kappa shape index (κ1) is 17.4. The van der Waals surface area contributed by atoms with Crippen LogP contribution in [-0.2, 0) is 9.59 Å². The molecule has 3 N–H and O–H groups in total. The predicted molar refractivity (Wildman–Crippen MR) is 77.8 cm³/mol. The highest BCUT2D eigenvalue weighted by molar-refractivity contribution is 5.96. The molecule has 0 aromatic carbocycles. The Morgan fingerprint density at radius 3 is 2.29 bits per heavy atom. The zero-order chi connectivity index (χ0) is 16.0. The lowest BCUT2D eigenvalue weighted by Crippen LogP contribution is -2.53. The van der Waals surface area contributed by atoms with Gasteiger partial charge in [-0.1, -0.05) is 13.3 Å². The highest BCUT2D eigenvalue weighted by Gasteiger charge is 2.42. The molecule has 0 aliphatic carbocycles. The average molecular weight is 299 g/mol. The molecular weight excluding hydrogens is 274 g/mol. The zero-order valence-corrected chi connectivity index (χ0v) is 12.9. The van der Waals surface area contributed by atoms with Crippen LogP contribution in [0.1, 0.15) is 39.5 Å². The van der Waals surface area contributed by atoms with Gasteiger partial charge in [-0.05, 0) is 26.2 Å². The van der Waals surface area contributed by atoms with Crippen LogP contribution in [0.4, 0.5) is 4.79 Å². The molecule has 0 radical (unpaired) electrons. The lowest BCUT2D eigenvalue weighted by molar-refractivity contribution is -0.153. The van der Waals surface area contributed by atoms with Gasteiger partial charge in [0.25, 0.3) is 0 Å². The minimum Gasteiger partial charge on any atom is -0.481 e. The molecule has 21 heavy (non-hydrogen) atoms. The number of carbonyl (C=O) groups excluding carboxylic acids is 2. The number of carboxylic acids is 1. The second-order valence-electron chi connectivity index (χ2n) is 5.62. The first-order valence-corrected chi connectivity index (χ1v) is 7.36. The molecule has 1 unspecified atom stereocenters. The van der Waals surface area contributed by atoms with Crippen molar-refractivity contribution in [2.45, 2.75) is 45.6 Å². The Morgan fingerprint density at radius 2 is 1.86 bits per heavy atom. The van der Waals surface area contributed by atoms with Gasteiger partial charge >= 0.3 is 12.0 Å². The van der Waals surface area contributed by atoms with Crippen LogP contribution in [0.3, 0.4) is 0 Å². The number of aliphatic carboxylic acids is 1. The molecular formula is C14H25N3O4. The van der Waals surface area contributed by atoms with Gasteiger partial charge < -0.3 is 10.4 Å². The maximum absolute atomic E-state index is 11.9. The highest BCUT2D eigenvalue weighted by atomic mass is 16.4. The van der Waals surface area contributed by atoms with Crippen LogP contribution >= 0.6 is 0 Å². The molecule has 0 aromatic rings. The van der Waals surface area contributed by atoms with E-state index in [1.165, 1.54) is 7.05 Å². The molecule has 0 saturated carbocycles. The molecule has 0 bridgehead atoms. The molecule has 1 atom stereocenters. The van der Waals surface area contributed by atoms with Gasteiger partial charge in [0.1, 0.15) is 0 Å². The van der Waals surface area contributed by atoms with Crippen molar-refractivity contribution in [1.82, 2.24) is 15.5 Å². The monoisotopic (exact) mass is 299 g/mol. The number of urea groups is 1. The van der Waals surface area contributed by atoms with Gasteiger partial charge in [0, 0.05) is 20.1 Å². The summed E-state index contributed by atoms with van der Waals surface area (Å²) in [6.45, 7) is 4.81. The van der Waals surface area contributed by atoms with E-state index in [1.807, 2.05) is 11.8 Å². The van der Waals surface area contributed by atoms with Gasteiger partial charge in [-0.15, -0.1) is 0 Å². The predicted octanol–water partition coefficient (Wildman–Crippen LogP) is 0.797. The van der Waals surface area contributed by atoms with Crippen LogP contribution in [0.5, 0.6) is 0 Å². The first-order valence-electron chi connectivity index (χ1n) is 7.36. The normalized spacial score (nSPS) is 19.6. The Balaban J connectivity index is 2.60. The summed E-state index contributed by atoms with van der Waals surface area (Å²) in [6.07, 6.45) is 2.57. The number of nitrogens with zero attached hydrogens (tertiary/aromatic N) is 1. The number of nitrogens with one attached hydrogen (secondary N) is 2. The molecule has 120 valence electrons. The van der Waals surface area contributed by atoms with Crippen LogP contribution < -0.4 is 10.6 Å². The maximum Gasteiger partial charge on any atom is 0.321 e. The molecule has 1 heterocycles. The second-order valence-corrected chi connectivity index (χ2v) is 5.62. The van der Waals surface area contributed by atoms with E-state index in [1.54, 1.807) is 6.92 Å². The van der Waals surface area contributed by atoms with Crippen molar-refractivity contribution in [3.8, 4) is 0 Å². The van der Waals surface area contributed by atoms with Crippen LogP contribution in [0.2, 0.25) is 0 Å². The summed E-state index contributed by atoms with van der Waals surface area (Å²) in [5.74, 6) is -1.11. The molecule has 3 amide bonds. The summed E-state index contributed by atoms with van der Waals surface area (Å²) < 4.78 is 0. The fourth-order valence-corrected chi connectivity index (χ4v) is 2.83. The van der Waals surface area contributed by atoms with Crippen molar-refractivity contribution in [3.05, 3.63) is 0 Å². The fourth-order valence-electron chi connectivity index (χ4n) is 2.83. The van der Waals surface area contributed by atoms with E-state index in [9.17, 15) is 19.5 Å². The molecule has 7 heteroatoms. The van der Waals surface area contributed by atoms with E-state index in [2.05, 4.69) is 10.6 Å². The molecule has 1 aliphatic heterocycles. The lowest BCUT2D eigenvalue weighted by Gasteiger charge is -2.40. The van der Waals surface area contributed by atoms with E-state index in [0.717, 1.165) is 6.42 Å². The van der Waals surface area contributed by atoms with E-state index < -0.39 is 23.5 Å². The van der Waals surface area contributed by atoms with Crippen molar-refractivity contribution in [3.63, 3.8) is 0 Å². The third kappa shape index (κ3) is 4.17. The number of hydrogen-bond acceptors (Lipinski definition) is 4. The minimum atomic E-state index is -0.744. The topological polar surface area (TPSA) is 98.7 Å². The molecule has 1 aliphatic rings. The standard InChI is InChI=1S/C14H25N3O4/c1-4-5-14(12(19)20)6-8-17(9-7-14)10(2)11(18)16-13(21)15-3/h10H,4-9H2,1-3H3,(H,19,20)(H2,15,16,18,21). The zero-order valence-electron chi connectivity index (χ0n) is 12.9. The van der Waals surface area contributed by atoms with E-state index >= 15 is 0 Å². The van der Waals surface area contributed by atoms with Crippen molar-refractivity contribution in [2.75, 3.05) is 20.1 Å². The van der Waals surface area contributed by atoms with Gasteiger partial charge in [-0.25, -0.2) is 4.79 Å². The number of rotatable bonds is 5. The van der Waals surface area contributed by atoms with Gasteiger partial charge in [0.2, 0.25) is 5.91 Å². The Kier molecular flexibility index (Phi) is 6.14. The van der Waals surface area contributed by atoms with E-state index in [-0.39, 0.29) is 5.91 Å². The van der Waals surface area contributed by atoms with Gasteiger partial charge in [0.05, 0.1) is 11.5 Å². The molecule has 1 fully saturated rings. The summed E-state index contributed by atoms with van der Waals surface area (Å²) in [4.78, 5) is 36.5. The number of amides is 3. The lowest BCUT2D eigenvalue weighted by atomic mass is 9.75. The third-order valence-corrected chi connectivity index (χ3v) is 4.33. The molecule has 7 nitrogen and oxygen atoms in total. The Hall–Kier alpha value is -1.63. The van der Waals surface area contributed by atoms with Gasteiger partial charge in [-0.2, -0.15) is 0 Å². The molecule has 1 saturated heterocycles. The molecule has 0 spiro atoms. The number of likely N-dealkylation sites (tertiary alicyclic amines) is 1. The van der Waals surface area contributed by atoms with E-state index in [4.69, 9.17) is 0 Å². The quantitative estimate of drug-likeness (QED) is 0.697. The SMILES string of the molecule is CCCC1(C(=O)O)CCN(C(C)C(=O)NC(=O)NC)CC1. The van der Waals surface area contributed by atoms with Crippen LogP contribution in [-0.4, -0.2) is 54.1 Å². The first-order chi connectivity index (χ1) is 9.86. The fraction of sp³-hybridized carbons (Fsp3) is 0.786. The highest BCUT2D eigenvalue weighted by Crippen LogP contribution is 2.36. The van der Waals surface area contributed by atoms with Crippen molar-refractivity contribution in [1.29, 1.82) is 0 Å². The van der Waals surface area contributed by atoms with Crippen molar-refractivity contribution >= 4 is 17.9 Å². The molecule has 1 rings (SSSR count). The third-order valence-electron chi connectivity index (χ3n) is 4.33. The van der Waals surface area contributed by atoms with Crippen molar-refractivity contribution < 1.29 is 19.5 Å². The smallest absolute Gasteiger partial charge is 0.321 e. The van der Waals surface area contributed by atoms with Crippen LogP contribution in [0, 0.1) is 5.41 Å². The minimum absolute atomic E-state index is 0.368. The van der Waals surface area contributed by atoms with Crippen LogP contribution in [0.25, 0.3) is 0 Å². The summed E-state index contributed by atoms with van der Waals surface area (Å²) >= 11 is 0. The number of carbonyl (C=O) groups is 3. The number of imide groups is 1. The summed E-state index contributed by atoms with van der Waals surface area (Å²) in [5, 5.41) is 14.0. The second kappa shape index (κ2) is 7.40. The maximum atomic E-state index is 11.9. The largest absolute Gasteiger partial charge is 0.481 e. The van der Waals surface area contributed by atoms with Gasteiger partial charge in [-0.3, -0.25) is 19.8 Å². The number of carboxylic acid groups (broad SMARTS) is 1. The number of hydrogen-bond donors (Lipinski definition) is 3. The Morgan fingerprint density at radius 1 is 1.29 bits per heavy atom.